The van der Waals surface area contributed by atoms with Crippen molar-refractivity contribution in [2.75, 3.05) is 0 Å². The molecule has 0 fully saturated rings. The molecule has 0 N–H and O–H groups in total. The summed E-state index contributed by atoms with van der Waals surface area (Å²) < 4.78 is 1.08. The summed E-state index contributed by atoms with van der Waals surface area (Å²) in [6.07, 6.45) is 2.70. The molecule has 0 bridgehead atoms. The molecule has 15 heavy (non-hydrogen) atoms. The molecule has 0 saturated carbocycles. The van der Waals surface area contributed by atoms with E-state index in [9.17, 15) is 4.79 Å². The Morgan fingerprint density at radius 1 is 1.40 bits per heavy atom. The standard InChI is InChI=1S/C12H12INO/c13-11-6-4-5-10(9-11)12(15)7-2-1-3-8-14/h4-6,9H,1-3,7H2. The number of hydrogen-bond acceptors (Lipinski definition) is 2. The lowest BCUT2D eigenvalue weighted by atomic mass is 10.1. The molecule has 78 valence electrons. The maximum absolute atomic E-state index is 11.7. The van der Waals surface area contributed by atoms with Crippen LogP contribution in [-0.2, 0) is 0 Å². The summed E-state index contributed by atoms with van der Waals surface area (Å²) in [6, 6.07) is 9.67. The first-order valence-electron chi connectivity index (χ1n) is 4.90. The summed E-state index contributed by atoms with van der Waals surface area (Å²) in [4.78, 5) is 11.7. The smallest absolute Gasteiger partial charge is 0.162 e. The van der Waals surface area contributed by atoms with E-state index in [4.69, 9.17) is 5.26 Å². The normalized spacial score (nSPS) is 9.60. The Balaban J connectivity index is 2.44. The van der Waals surface area contributed by atoms with E-state index in [1.165, 1.54) is 0 Å². The van der Waals surface area contributed by atoms with Crippen molar-refractivity contribution in [3.8, 4) is 6.07 Å². The van der Waals surface area contributed by atoms with Crippen molar-refractivity contribution in [2.45, 2.75) is 25.7 Å². The number of nitrogens with zero attached hydrogens (tertiary/aromatic N) is 1. The van der Waals surface area contributed by atoms with Gasteiger partial charge in [0.25, 0.3) is 0 Å². The molecule has 0 aromatic heterocycles. The van der Waals surface area contributed by atoms with Gasteiger partial charge in [0.05, 0.1) is 6.07 Å². The topological polar surface area (TPSA) is 40.9 Å². The number of Topliss-reactive ketones (excluding diaryl/α,β-unsaturated/α-hetero) is 1. The molecule has 0 unspecified atom stereocenters. The molecule has 0 amide bonds. The zero-order chi connectivity index (χ0) is 11.1. The lowest BCUT2D eigenvalue weighted by Crippen LogP contribution is -1.98. The Morgan fingerprint density at radius 2 is 2.20 bits per heavy atom. The minimum Gasteiger partial charge on any atom is -0.294 e. The van der Waals surface area contributed by atoms with Gasteiger partial charge in [-0.2, -0.15) is 5.26 Å². The van der Waals surface area contributed by atoms with Gasteiger partial charge in [-0.25, -0.2) is 0 Å². The van der Waals surface area contributed by atoms with Crippen LogP contribution in [0.1, 0.15) is 36.0 Å². The second-order valence-corrected chi connectivity index (χ2v) is 4.54. The monoisotopic (exact) mass is 313 g/mol. The lowest BCUT2D eigenvalue weighted by Gasteiger charge is -2.00. The highest BCUT2D eigenvalue weighted by Crippen LogP contribution is 2.11. The first-order chi connectivity index (χ1) is 7.24. The van der Waals surface area contributed by atoms with E-state index >= 15 is 0 Å². The van der Waals surface area contributed by atoms with E-state index < -0.39 is 0 Å². The molecule has 0 aliphatic rings. The number of rotatable bonds is 5. The fraction of sp³-hybridized carbons (Fsp3) is 0.333. The number of carbonyl (C=O) groups excluding carboxylic acids is 1. The Kier molecular flexibility index (Phi) is 5.33. The Labute approximate surface area is 103 Å². The summed E-state index contributed by atoms with van der Waals surface area (Å²) in [7, 11) is 0. The van der Waals surface area contributed by atoms with E-state index in [2.05, 4.69) is 28.7 Å². The van der Waals surface area contributed by atoms with E-state index in [0.29, 0.717) is 12.8 Å². The van der Waals surface area contributed by atoms with E-state index in [0.717, 1.165) is 22.0 Å². The zero-order valence-corrected chi connectivity index (χ0v) is 10.5. The highest BCUT2D eigenvalue weighted by molar-refractivity contribution is 14.1. The maximum atomic E-state index is 11.7. The molecule has 1 aromatic rings. The molecule has 0 aliphatic carbocycles. The van der Waals surface area contributed by atoms with E-state index in [1.807, 2.05) is 24.3 Å². The van der Waals surface area contributed by atoms with Gasteiger partial charge in [-0.15, -0.1) is 0 Å². The van der Waals surface area contributed by atoms with Crippen LogP contribution < -0.4 is 0 Å². The van der Waals surface area contributed by atoms with Crippen molar-refractivity contribution >= 4 is 28.4 Å². The average molecular weight is 313 g/mol. The van der Waals surface area contributed by atoms with Crippen molar-refractivity contribution in [3.05, 3.63) is 33.4 Å². The van der Waals surface area contributed by atoms with Crippen molar-refractivity contribution in [1.82, 2.24) is 0 Å². The molecule has 2 nitrogen and oxygen atoms in total. The van der Waals surface area contributed by atoms with Crippen LogP contribution in [0.2, 0.25) is 0 Å². The van der Waals surface area contributed by atoms with Crippen molar-refractivity contribution < 1.29 is 4.79 Å². The molecule has 0 spiro atoms. The molecule has 1 rings (SSSR count). The van der Waals surface area contributed by atoms with Crippen LogP contribution in [0.5, 0.6) is 0 Å². The molecule has 0 aliphatic heterocycles. The first kappa shape index (κ1) is 12.2. The van der Waals surface area contributed by atoms with Gasteiger partial charge >= 0.3 is 0 Å². The Hall–Kier alpha value is -0.890. The molecule has 0 heterocycles. The molecular weight excluding hydrogens is 301 g/mol. The SMILES string of the molecule is N#CCCCCC(=O)c1cccc(I)c1. The second-order valence-electron chi connectivity index (χ2n) is 3.30. The van der Waals surface area contributed by atoms with E-state index in [1.54, 1.807) is 0 Å². The third-order valence-corrected chi connectivity index (χ3v) is 2.76. The average Bonchev–Trinajstić information content (AvgIpc) is 2.24. The van der Waals surface area contributed by atoms with Crippen LogP contribution in [0.3, 0.4) is 0 Å². The molecule has 0 atom stereocenters. The summed E-state index contributed by atoms with van der Waals surface area (Å²) in [5, 5.41) is 8.35. The molecule has 0 radical (unpaired) electrons. The van der Waals surface area contributed by atoms with E-state index in [-0.39, 0.29) is 5.78 Å². The largest absolute Gasteiger partial charge is 0.294 e. The summed E-state index contributed by atoms with van der Waals surface area (Å²) >= 11 is 2.19. The number of nitriles is 1. The van der Waals surface area contributed by atoms with Crippen molar-refractivity contribution in [3.63, 3.8) is 0 Å². The fourth-order valence-corrected chi connectivity index (χ4v) is 1.84. The summed E-state index contributed by atoms with van der Waals surface area (Å²) in [6.45, 7) is 0. The van der Waals surface area contributed by atoms with Crippen LogP contribution >= 0.6 is 22.6 Å². The molecular formula is C12H12INO. The van der Waals surface area contributed by atoms with Gasteiger partial charge < -0.3 is 0 Å². The van der Waals surface area contributed by atoms with Crippen LogP contribution in [0.15, 0.2) is 24.3 Å². The maximum Gasteiger partial charge on any atom is 0.162 e. The zero-order valence-electron chi connectivity index (χ0n) is 8.37. The fourth-order valence-electron chi connectivity index (χ4n) is 1.30. The number of unbranched alkanes of at least 4 members (excludes halogenated alkanes) is 2. The van der Waals surface area contributed by atoms with Gasteiger partial charge in [0.2, 0.25) is 0 Å². The first-order valence-corrected chi connectivity index (χ1v) is 5.97. The number of carbonyl (C=O) groups is 1. The van der Waals surface area contributed by atoms with Gasteiger partial charge in [-0.1, -0.05) is 12.1 Å². The molecule has 1 aromatic carbocycles. The third-order valence-electron chi connectivity index (χ3n) is 2.09. The van der Waals surface area contributed by atoms with Gasteiger partial charge in [0.15, 0.2) is 5.78 Å². The van der Waals surface area contributed by atoms with Crippen LogP contribution in [0.25, 0.3) is 0 Å². The van der Waals surface area contributed by atoms with Crippen LogP contribution in [0.4, 0.5) is 0 Å². The van der Waals surface area contributed by atoms with Gasteiger partial charge in [-0.3, -0.25) is 4.79 Å². The van der Waals surface area contributed by atoms with Crippen LogP contribution in [0, 0.1) is 14.9 Å². The quantitative estimate of drug-likeness (QED) is 0.474. The number of halogens is 1. The molecule has 3 heteroatoms. The minimum absolute atomic E-state index is 0.173. The highest BCUT2D eigenvalue weighted by atomic mass is 127. The highest BCUT2D eigenvalue weighted by Gasteiger charge is 2.05. The summed E-state index contributed by atoms with van der Waals surface area (Å²) in [5.74, 6) is 0.173. The number of benzene rings is 1. The van der Waals surface area contributed by atoms with Gasteiger partial charge in [-0.05, 0) is 47.6 Å². The van der Waals surface area contributed by atoms with Crippen LogP contribution in [-0.4, -0.2) is 5.78 Å². The molecule has 0 saturated heterocycles. The second kappa shape index (κ2) is 6.57. The Morgan fingerprint density at radius 3 is 2.87 bits per heavy atom. The lowest BCUT2D eigenvalue weighted by molar-refractivity contribution is 0.0979. The minimum atomic E-state index is 0.173. The number of hydrogen-bond donors (Lipinski definition) is 0. The predicted molar refractivity (Wildman–Crippen MR) is 67.6 cm³/mol. The van der Waals surface area contributed by atoms with Gasteiger partial charge in [0.1, 0.15) is 0 Å². The van der Waals surface area contributed by atoms with Crippen molar-refractivity contribution in [2.24, 2.45) is 0 Å². The van der Waals surface area contributed by atoms with Gasteiger partial charge in [0, 0.05) is 22.0 Å². The van der Waals surface area contributed by atoms with Crippen molar-refractivity contribution in [1.29, 1.82) is 5.26 Å². The Bertz CT molecular complexity index is 381. The predicted octanol–water partition coefficient (Wildman–Crippen LogP) is 3.56. The summed E-state index contributed by atoms with van der Waals surface area (Å²) in [5.41, 5.74) is 0.777. The number of ketones is 1. The third kappa shape index (κ3) is 4.43.